The quantitative estimate of drug-likeness (QED) is 0.460. The summed E-state index contributed by atoms with van der Waals surface area (Å²) in [6.07, 6.45) is 0. The van der Waals surface area contributed by atoms with Crippen molar-refractivity contribution in [3.8, 4) is 16.9 Å². The predicted octanol–water partition coefficient (Wildman–Crippen LogP) is 3.86. The van der Waals surface area contributed by atoms with Crippen molar-refractivity contribution < 1.29 is 23.4 Å². The maximum atomic E-state index is 12.6. The lowest BCUT2D eigenvalue weighted by molar-refractivity contribution is 0.0694. The van der Waals surface area contributed by atoms with Crippen LogP contribution in [0.25, 0.3) is 11.1 Å². The Hall–Kier alpha value is -2.75. The number of rotatable bonds is 5. The zero-order valence-corrected chi connectivity index (χ0v) is 15.9. The van der Waals surface area contributed by atoms with Crippen molar-refractivity contribution >= 4 is 50.3 Å². The van der Waals surface area contributed by atoms with Gasteiger partial charge >= 0.3 is 5.97 Å². The Morgan fingerprint density at radius 2 is 1.78 bits per heavy atom. The van der Waals surface area contributed by atoms with Gasteiger partial charge in [0.05, 0.1) is 5.69 Å². The lowest BCUT2D eigenvalue weighted by Crippen LogP contribution is -2.11. The van der Waals surface area contributed by atoms with Gasteiger partial charge in [-0.15, -0.1) is 11.3 Å². The number of aromatic hydroxyl groups is 1. The lowest BCUT2D eigenvalue weighted by Gasteiger charge is -2.07. The van der Waals surface area contributed by atoms with E-state index in [0.717, 1.165) is 29.0 Å². The van der Waals surface area contributed by atoms with Gasteiger partial charge in [-0.05, 0) is 35.9 Å². The van der Waals surface area contributed by atoms with Crippen LogP contribution in [0.1, 0.15) is 10.4 Å². The molecular weight excluding hydrogens is 412 g/mol. The summed E-state index contributed by atoms with van der Waals surface area (Å²) in [7, 11) is -3.98. The highest BCUT2D eigenvalue weighted by Crippen LogP contribution is 2.38. The summed E-state index contributed by atoms with van der Waals surface area (Å²) in [5.74, 6) is -1.87. The molecule has 27 heavy (non-hydrogen) atoms. The number of phenols is 1. The number of nitrogens with one attached hydrogen (secondary N) is 1. The average Bonchev–Trinajstić information content (AvgIpc) is 2.98. The zero-order chi connectivity index (χ0) is 19.8. The molecule has 0 atom stereocenters. The maximum absolute atomic E-state index is 12.6. The molecule has 0 unspecified atom stereocenters. The Kier molecular flexibility index (Phi) is 5.01. The molecule has 3 aromatic rings. The van der Waals surface area contributed by atoms with Gasteiger partial charge in [0.15, 0.2) is 0 Å². The van der Waals surface area contributed by atoms with E-state index < -0.39 is 21.7 Å². The van der Waals surface area contributed by atoms with Crippen LogP contribution in [-0.4, -0.2) is 24.6 Å². The minimum atomic E-state index is -3.98. The number of thiophene rings is 1. The summed E-state index contributed by atoms with van der Waals surface area (Å²) in [4.78, 5) is 10.9. The molecule has 1 heterocycles. The first-order chi connectivity index (χ1) is 12.7. The molecule has 0 aliphatic heterocycles. The van der Waals surface area contributed by atoms with Crippen molar-refractivity contribution in [3.63, 3.8) is 0 Å². The topological polar surface area (TPSA) is 130 Å². The Balaban J connectivity index is 1.92. The van der Waals surface area contributed by atoms with Crippen molar-refractivity contribution in [1.82, 2.24) is 0 Å². The van der Waals surface area contributed by atoms with Gasteiger partial charge in [-0.1, -0.05) is 23.7 Å². The van der Waals surface area contributed by atoms with E-state index in [9.17, 15) is 18.3 Å². The first-order valence-electron chi connectivity index (χ1n) is 7.42. The number of carboxylic acids is 1. The van der Waals surface area contributed by atoms with Gasteiger partial charge in [-0.3, -0.25) is 4.72 Å². The summed E-state index contributed by atoms with van der Waals surface area (Å²) in [6, 6.07) is 11.6. The number of carbonyl (C=O) groups is 1. The number of nitrogen functional groups attached to an aromatic ring is 1. The Morgan fingerprint density at radius 1 is 1.11 bits per heavy atom. The summed E-state index contributed by atoms with van der Waals surface area (Å²) < 4.78 is 27.8. The van der Waals surface area contributed by atoms with E-state index in [4.69, 9.17) is 22.4 Å². The molecule has 0 aliphatic carbocycles. The van der Waals surface area contributed by atoms with Crippen LogP contribution in [0.4, 0.5) is 11.4 Å². The average molecular weight is 425 g/mol. The number of carboxylic acid groups (broad SMARTS) is 1. The third kappa shape index (κ3) is 4.00. The highest BCUT2D eigenvalue weighted by Gasteiger charge is 2.21. The lowest BCUT2D eigenvalue weighted by atomic mass is 10.1. The fourth-order valence-corrected chi connectivity index (χ4v) is 5.14. The Bertz CT molecular complexity index is 1120. The Morgan fingerprint density at radius 3 is 2.37 bits per heavy atom. The minimum absolute atomic E-state index is 0.0241. The van der Waals surface area contributed by atoms with Crippen molar-refractivity contribution in [1.29, 1.82) is 0 Å². The number of benzene rings is 2. The summed E-state index contributed by atoms with van der Waals surface area (Å²) >= 11 is 7.08. The molecule has 0 radical (unpaired) electrons. The van der Waals surface area contributed by atoms with Crippen LogP contribution in [0.5, 0.6) is 5.75 Å². The fourth-order valence-electron chi connectivity index (χ4n) is 2.32. The predicted molar refractivity (Wildman–Crippen MR) is 105 cm³/mol. The molecule has 0 aliphatic rings. The molecule has 7 nitrogen and oxygen atoms in total. The molecule has 0 bridgehead atoms. The standard InChI is InChI=1S/C17H13ClN2O5S2/c18-16-13(9-1-3-10(19)4-2-9)8-15(26-16)27(24,25)20-11-5-6-12(17(22)23)14(21)7-11/h1-8,20-21H,19H2,(H,22,23). The highest BCUT2D eigenvalue weighted by atomic mass is 35.5. The SMILES string of the molecule is Nc1ccc(-c2cc(S(=O)(=O)Nc3ccc(C(=O)O)c(O)c3)sc2Cl)cc1. The molecule has 0 fully saturated rings. The van der Waals surface area contributed by atoms with Crippen molar-refractivity contribution in [2.24, 2.45) is 0 Å². The number of aromatic carboxylic acids is 1. The number of sulfonamides is 1. The van der Waals surface area contributed by atoms with Crippen LogP contribution in [0.2, 0.25) is 4.34 Å². The van der Waals surface area contributed by atoms with E-state index in [1.807, 2.05) is 0 Å². The van der Waals surface area contributed by atoms with Crippen molar-refractivity contribution in [3.05, 3.63) is 58.4 Å². The first-order valence-corrected chi connectivity index (χ1v) is 10.1. The molecule has 10 heteroatoms. The second-order valence-electron chi connectivity index (χ2n) is 5.52. The molecule has 0 amide bonds. The number of anilines is 2. The normalized spacial score (nSPS) is 11.3. The molecule has 5 N–H and O–H groups in total. The van der Waals surface area contributed by atoms with Gasteiger partial charge in [-0.2, -0.15) is 0 Å². The van der Waals surface area contributed by atoms with Gasteiger partial charge in [0.1, 0.15) is 19.9 Å². The van der Waals surface area contributed by atoms with E-state index in [2.05, 4.69) is 4.72 Å². The molecule has 1 aromatic heterocycles. The van der Waals surface area contributed by atoms with E-state index >= 15 is 0 Å². The zero-order valence-electron chi connectivity index (χ0n) is 13.5. The number of hydrogen-bond acceptors (Lipinski definition) is 6. The molecule has 2 aromatic carbocycles. The Labute approximate surface area is 163 Å². The fraction of sp³-hybridized carbons (Fsp3) is 0. The summed E-state index contributed by atoms with van der Waals surface area (Å²) in [5.41, 5.74) is 7.18. The second kappa shape index (κ2) is 7.10. The molecule has 140 valence electrons. The van der Waals surface area contributed by atoms with Crippen molar-refractivity contribution in [2.75, 3.05) is 10.5 Å². The smallest absolute Gasteiger partial charge is 0.339 e. The monoisotopic (exact) mass is 424 g/mol. The third-order valence-corrected chi connectivity index (χ3v) is 6.84. The van der Waals surface area contributed by atoms with E-state index in [-0.39, 0.29) is 15.5 Å². The van der Waals surface area contributed by atoms with Crippen LogP contribution in [0, 0.1) is 0 Å². The number of hydrogen-bond donors (Lipinski definition) is 4. The van der Waals surface area contributed by atoms with Gasteiger partial charge in [0.25, 0.3) is 10.0 Å². The summed E-state index contributed by atoms with van der Waals surface area (Å²) in [6.45, 7) is 0. The molecule has 0 saturated heterocycles. The van der Waals surface area contributed by atoms with Crippen LogP contribution >= 0.6 is 22.9 Å². The van der Waals surface area contributed by atoms with Gasteiger partial charge < -0.3 is 15.9 Å². The number of halogens is 1. The van der Waals surface area contributed by atoms with Gasteiger partial charge in [0.2, 0.25) is 0 Å². The maximum Gasteiger partial charge on any atom is 0.339 e. The van der Waals surface area contributed by atoms with Crippen molar-refractivity contribution in [2.45, 2.75) is 4.21 Å². The van der Waals surface area contributed by atoms with Crippen LogP contribution in [0.3, 0.4) is 0 Å². The third-order valence-electron chi connectivity index (χ3n) is 3.63. The molecule has 3 rings (SSSR count). The van der Waals surface area contributed by atoms with Gasteiger partial charge in [-0.25, -0.2) is 13.2 Å². The largest absolute Gasteiger partial charge is 0.507 e. The number of nitrogens with two attached hydrogens (primary N) is 1. The second-order valence-corrected chi connectivity index (χ2v) is 9.08. The van der Waals surface area contributed by atoms with E-state index in [0.29, 0.717) is 15.6 Å². The molecule has 0 spiro atoms. The minimum Gasteiger partial charge on any atom is -0.507 e. The van der Waals surface area contributed by atoms with Gasteiger partial charge in [0, 0.05) is 17.3 Å². The molecular formula is C17H13ClN2O5S2. The van der Waals surface area contributed by atoms with E-state index in [1.54, 1.807) is 24.3 Å². The van der Waals surface area contributed by atoms with Crippen LogP contribution in [-0.2, 0) is 10.0 Å². The van der Waals surface area contributed by atoms with Crippen LogP contribution in [0.15, 0.2) is 52.7 Å². The molecule has 0 saturated carbocycles. The highest BCUT2D eigenvalue weighted by molar-refractivity contribution is 7.94. The van der Waals surface area contributed by atoms with Crippen LogP contribution < -0.4 is 10.5 Å². The summed E-state index contributed by atoms with van der Waals surface area (Å²) in [5, 5.41) is 18.6. The first kappa shape index (κ1) is 19.0. The van der Waals surface area contributed by atoms with E-state index in [1.165, 1.54) is 12.1 Å².